The number of hydrogen-bond donors (Lipinski definition) is 2. The van der Waals surface area contributed by atoms with Crippen molar-refractivity contribution in [1.82, 2.24) is 19.9 Å². The van der Waals surface area contributed by atoms with Crippen molar-refractivity contribution >= 4 is 67.3 Å². The molecule has 0 aromatic carbocycles. The number of aryl methyl sites for hydroxylation is 2. The third kappa shape index (κ3) is 3.94. The van der Waals surface area contributed by atoms with E-state index in [1.807, 2.05) is 12.4 Å². The van der Waals surface area contributed by atoms with E-state index in [-0.39, 0.29) is 0 Å². The smallest absolute Gasteiger partial charge is 0.137 e. The van der Waals surface area contributed by atoms with Crippen molar-refractivity contribution < 1.29 is 0 Å². The molecule has 0 amide bonds. The molecular weight excluding hydrogens is 472 g/mol. The van der Waals surface area contributed by atoms with Crippen LogP contribution in [0.4, 0.5) is 0 Å². The van der Waals surface area contributed by atoms with E-state index in [9.17, 15) is 0 Å². The standard InChI is InChI=1S/C11H15BrN2Si.C8H7BrN2/c1-7-9-5-8(12)6-13-10(9)14-11(7)15(2,3)4;1-5-3-10-8-7(5)2-6(9)4-11-8/h5-6H,1-4H3,(H,13,14);2-4H,1H3,(H,10,11). The summed E-state index contributed by atoms with van der Waals surface area (Å²) in [6.07, 6.45) is 5.59. The molecule has 0 saturated carbocycles. The zero-order valence-corrected chi connectivity index (χ0v) is 19.7. The average molecular weight is 494 g/mol. The number of H-pyrrole nitrogens is 2. The minimum Gasteiger partial charge on any atom is -0.347 e. The van der Waals surface area contributed by atoms with E-state index in [4.69, 9.17) is 0 Å². The van der Waals surface area contributed by atoms with Crippen LogP contribution in [0.5, 0.6) is 0 Å². The van der Waals surface area contributed by atoms with Crippen molar-refractivity contribution in [3.05, 3.63) is 50.8 Å². The van der Waals surface area contributed by atoms with Crippen LogP contribution in [-0.2, 0) is 0 Å². The SMILES string of the molecule is Cc1c([Si](C)(C)C)[nH]c2ncc(Br)cc12.Cc1c[nH]c2ncc(Br)cc12. The van der Waals surface area contributed by atoms with Gasteiger partial charge in [-0.15, -0.1) is 0 Å². The molecule has 7 heteroatoms. The van der Waals surface area contributed by atoms with Gasteiger partial charge in [-0.2, -0.15) is 0 Å². The minimum atomic E-state index is -1.29. The van der Waals surface area contributed by atoms with Gasteiger partial charge >= 0.3 is 0 Å². The molecule has 0 bridgehead atoms. The van der Waals surface area contributed by atoms with Crippen molar-refractivity contribution in [2.24, 2.45) is 0 Å². The summed E-state index contributed by atoms with van der Waals surface area (Å²) in [6, 6.07) is 4.20. The quantitative estimate of drug-likeness (QED) is 0.328. The molecule has 0 spiro atoms. The number of nitrogens with zero attached hydrogens (tertiary/aromatic N) is 2. The molecule has 0 aliphatic rings. The van der Waals surface area contributed by atoms with E-state index in [1.54, 1.807) is 6.20 Å². The van der Waals surface area contributed by atoms with Gasteiger partial charge in [0.2, 0.25) is 0 Å². The van der Waals surface area contributed by atoms with Gasteiger partial charge in [-0.05, 0) is 69.0 Å². The summed E-state index contributed by atoms with van der Waals surface area (Å²) in [4.78, 5) is 15.1. The molecule has 0 aliphatic heterocycles. The largest absolute Gasteiger partial charge is 0.347 e. The van der Waals surface area contributed by atoms with Crippen LogP contribution in [0.25, 0.3) is 22.1 Å². The molecule has 136 valence electrons. The highest BCUT2D eigenvalue weighted by molar-refractivity contribution is 9.10. The molecule has 4 aromatic rings. The van der Waals surface area contributed by atoms with Crippen molar-refractivity contribution in [3.8, 4) is 0 Å². The second-order valence-corrected chi connectivity index (χ2v) is 14.3. The number of aromatic nitrogens is 4. The van der Waals surface area contributed by atoms with Gasteiger partial charge in [0, 0.05) is 43.6 Å². The normalized spacial score (nSPS) is 11.7. The summed E-state index contributed by atoms with van der Waals surface area (Å²) in [6.45, 7) is 11.3. The van der Waals surface area contributed by atoms with E-state index in [0.717, 1.165) is 20.2 Å². The Kier molecular flexibility index (Phi) is 5.42. The summed E-state index contributed by atoms with van der Waals surface area (Å²) in [7, 11) is -1.29. The Morgan fingerprint density at radius 2 is 1.46 bits per heavy atom. The fraction of sp³-hybridized carbons (Fsp3) is 0.263. The Morgan fingerprint density at radius 1 is 0.885 bits per heavy atom. The molecular formula is C19H22Br2N4Si. The predicted octanol–water partition coefficient (Wildman–Crippen LogP) is 5.81. The van der Waals surface area contributed by atoms with Crippen LogP contribution in [0.1, 0.15) is 11.1 Å². The molecule has 2 N–H and O–H groups in total. The molecule has 0 fully saturated rings. The van der Waals surface area contributed by atoms with E-state index < -0.39 is 8.07 Å². The van der Waals surface area contributed by atoms with Crippen LogP contribution in [0.2, 0.25) is 19.6 Å². The summed E-state index contributed by atoms with van der Waals surface area (Å²) in [5.41, 5.74) is 4.55. The molecule has 4 rings (SSSR count). The lowest BCUT2D eigenvalue weighted by Crippen LogP contribution is -2.40. The Morgan fingerprint density at radius 3 is 2.08 bits per heavy atom. The first-order chi connectivity index (χ1) is 12.2. The van der Waals surface area contributed by atoms with E-state index >= 15 is 0 Å². The predicted molar refractivity (Wildman–Crippen MR) is 120 cm³/mol. The Bertz CT molecular complexity index is 1080. The highest BCUT2D eigenvalue weighted by Crippen LogP contribution is 2.21. The number of hydrogen-bond acceptors (Lipinski definition) is 2. The van der Waals surface area contributed by atoms with Gasteiger partial charge in [0.25, 0.3) is 0 Å². The first-order valence-electron chi connectivity index (χ1n) is 8.40. The topological polar surface area (TPSA) is 57.4 Å². The van der Waals surface area contributed by atoms with E-state index in [1.165, 1.54) is 27.2 Å². The first-order valence-corrected chi connectivity index (χ1v) is 13.5. The molecule has 0 atom stereocenters. The zero-order chi connectivity index (χ0) is 19.1. The van der Waals surface area contributed by atoms with Crippen molar-refractivity contribution in [1.29, 1.82) is 0 Å². The van der Waals surface area contributed by atoms with Crippen LogP contribution in [0.15, 0.2) is 39.7 Å². The van der Waals surface area contributed by atoms with Gasteiger partial charge in [0.1, 0.15) is 11.3 Å². The first kappa shape index (κ1) is 19.3. The Labute approximate surface area is 171 Å². The lowest BCUT2D eigenvalue weighted by molar-refractivity contribution is 1.31. The molecule has 26 heavy (non-hydrogen) atoms. The highest BCUT2D eigenvalue weighted by Gasteiger charge is 2.22. The fourth-order valence-corrected chi connectivity index (χ4v) is 5.45. The molecule has 0 aliphatic carbocycles. The number of aromatic amines is 2. The van der Waals surface area contributed by atoms with Crippen LogP contribution in [0, 0.1) is 13.8 Å². The van der Waals surface area contributed by atoms with Gasteiger partial charge in [-0.1, -0.05) is 19.6 Å². The van der Waals surface area contributed by atoms with Gasteiger partial charge in [0.05, 0.1) is 8.07 Å². The fourth-order valence-electron chi connectivity index (χ4n) is 3.03. The van der Waals surface area contributed by atoms with E-state index in [2.05, 4.69) is 97.4 Å². The molecule has 0 unspecified atom stereocenters. The number of fused-ring (bicyclic) bond motifs is 2. The van der Waals surface area contributed by atoms with Gasteiger partial charge in [0.15, 0.2) is 0 Å². The Balaban J connectivity index is 0.000000158. The maximum Gasteiger partial charge on any atom is 0.137 e. The maximum absolute atomic E-state index is 4.40. The van der Waals surface area contributed by atoms with E-state index in [0.29, 0.717) is 0 Å². The number of nitrogens with one attached hydrogen (secondary N) is 2. The zero-order valence-electron chi connectivity index (χ0n) is 15.5. The monoisotopic (exact) mass is 492 g/mol. The number of halogens is 2. The molecule has 4 nitrogen and oxygen atoms in total. The Hall–Kier alpha value is -1.44. The van der Waals surface area contributed by atoms with Crippen LogP contribution in [0.3, 0.4) is 0 Å². The van der Waals surface area contributed by atoms with Crippen molar-refractivity contribution in [2.45, 2.75) is 33.5 Å². The van der Waals surface area contributed by atoms with Gasteiger partial charge < -0.3 is 9.97 Å². The average Bonchev–Trinajstić information content (AvgIpc) is 3.09. The van der Waals surface area contributed by atoms with Crippen LogP contribution < -0.4 is 5.32 Å². The third-order valence-electron chi connectivity index (χ3n) is 4.33. The van der Waals surface area contributed by atoms with Crippen LogP contribution in [-0.4, -0.2) is 28.0 Å². The summed E-state index contributed by atoms with van der Waals surface area (Å²) >= 11 is 6.84. The second-order valence-electron chi connectivity index (χ2n) is 7.45. The minimum absolute atomic E-state index is 0.950. The second kappa shape index (κ2) is 7.29. The maximum atomic E-state index is 4.40. The van der Waals surface area contributed by atoms with Gasteiger partial charge in [-0.3, -0.25) is 0 Å². The van der Waals surface area contributed by atoms with Gasteiger partial charge in [-0.25, -0.2) is 9.97 Å². The highest BCUT2D eigenvalue weighted by atomic mass is 79.9. The molecule has 4 heterocycles. The number of pyridine rings is 2. The summed E-state index contributed by atoms with van der Waals surface area (Å²) in [5.74, 6) is 0. The number of rotatable bonds is 1. The molecule has 0 saturated heterocycles. The van der Waals surface area contributed by atoms with Crippen LogP contribution >= 0.6 is 31.9 Å². The summed E-state index contributed by atoms with van der Waals surface area (Å²) in [5, 5.41) is 3.82. The third-order valence-corrected chi connectivity index (χ3v) is 7.20. The van der Waals surface area contributed by atoms with Crippen molar-refractivity contribution in [3.63, 3.8) is 0 Å². The van der Waals surface area contributed by atoms with Crippen molar-refractivity contribution in [2.75, 3.05) is 0 Å². The molecule has 0 radical (unpaired) electrons. The lowest BCUT2D eigenvalue weighted by atomic mass is 10.2. The molecule has 4 aromatic heterocycles. The summed E-state index contributed by atoms with van der Waals surface area (Å²) < 4.78 is 2.06. The lowest BCUT2D eigenvalue weighted by Gasteiger charge is -2.15.